The quantitative estimate of drug-likeness (QED) is 0.886. The molecule has 1 aliphatic heterocycles. The summed E-state index contributed by atoms with van der Waals surface area (Å²) in [4.78, 5) is 4.41. The number of hydrogen-bond donors (Lipinski definition) is 1. The van der Waals surface area contributed by atoms with Crippen molar-refractivity contribution >= 4 is 5.82 Å². The molecule has 0 amide bonds. The number of nitrogens with zero attached hydrogens (tertiary/aromatic N) is 1. The van der Waals surface area contributed by atoms with E-state index in [1.165, 1.54) is 0 Å². The number of hydrogen-bond acceptors (Lipinski definition) is 4. The molecule has 1 aromatic heterocycles. The molecule has 1 N–H and O–H groups in total. The first-order chi connectivity index (χ1) is 9.21. The predicted octanol–water partition coefficient (Wildman–Crippen LogP) is 3.24. The minimum atomic E-state index is 0.0365. The van der Waals surface area contributed by atoms with Crippen LogP contribution < -0.4 is 10.1 Å². The molecule has 1 unspecified atom stereocenters. The lowest BCUT2D eigenvalue weighted by Crippen LogP contribution is -2.43. The number of anilines is 1. The van der Waals surface area contributed by atoms with Gasteiger partial charge in [0.25, 0.3) is 0 Å². The van der Waals surface area contributed by atoms with E-state index in [-0.39, 0.29) is 5.60 Å². The van der Waals surface area contributed by atoms with Gasteiger partial charge < -0.3 is 14.8 Å². The highest BCUT2D eigenvalue weighted by Gasteiger charge is 2.34. The summed E-state index contributed by atoms with van der Waals surface area (Å²) in [5.74, 6) is 1.53. The average molecular weight is 264 g/mol. The third kappa shape index (κ3) is 3.38. The Morgan fingerprint density at radius 3 is 2.89 bits per heavy atom. The first-order valence-electron chi connectivity index (χ1n) is 7.13. The standard InChI is InChI=1S/C15H24N2O2/c1-4-15(5-2)11-12(9-10-19-15)16-13-7-6-8-14(17-13)18-3/h6-8,12H,4-5,9-11H2,1-3H3,(H,16,17). The summed E-state index contributed by atoms with van der Waals surface area (Å²) in [6.07, 6.45) is 4.19. The first kappa shape index (κ1) is 14.1. The lowest BCUT2D eigenvalue weighted by molar-refractivity contribution is -0.0864. The van der Waals surface area contributed by atoms with Crippen LogP contribution in [0.2, 0.25) is 0 Å². The number of rotatable bonds is 5. The summed E-state index contributed by atoms with van der Waals surface area (Å²) in [5, 5.41) is 3.51. The third-order valence-corrected chi connectivity index (χ3v) is 4.07. The molecule has 106 valence electrons. The fourth-order valence-electron chi connectivity index (χ4n) is 2.71. The van der Waals surface area contributed by atoms with Crippen LogP contribution >= 0.6 is 0 Å². The van der Waals surface area contributed by atoms with Crippen molar-refractivity contribution in [2.45, 2.75) is 51.2 Å². The van der Waals surface area contributed by atoms with Crippen molar-refractivity contribution in [1.82, 2.24) is 4.98 Å². The Morgan fingerprint density at radius 1 is 1.42 bits per heavy atom. The van der Waals surface area contributed by atoms with E-state index in [4.69, 9.17) is 9.47 Å². The Kier molecular flexibility index (Phi) is 4.64. The minimum absolute atomic E-state index is 0.0365. The maximum atomic E-state index is 5.99. The molecule has 0 aliphatic carbocycles. The molecule has 4 heteroatoms. The van der Waals surface area contributed by atoms with Gasteiger partial charge in [0.05, 0.1) is 12.7 Å². The maximum absolute atomic E-state index is 5.99. The van der Waals surface area contributed by atoms with Gasteiger partial charge in [-0.25, -0.2) is 0 Å². The van der Waals surface area contributed by atoms with E-state index in [1.54, 1.807) is 7.11 Å². The van der Waals surface area contributed by atoms with Crippen molar-refractivity contribution in [2.75, 3.05) is 19.0 Å². The lowest BCUT2D eigenvalue weighted by atomic mass is 9.86. The van der Waals surface area contributed by atoms with Crippen LogP contribution in [0.15, 0.2) is 18.2 Å². The summed E-state index contributed by atoms with van der Waals surface area (Å²) in [6, 6.07) is 6.23. The zero-order chi connectivity index (χ0) is 13.7. The normalized spacial score (nSPS) is 21.9. The van der Waals surface area contributed by atoms with Crippen molar-refractivity contribution in [3.63, 3.8) is 0 Å². The van der Waals surface area contributed by atoms with Gasteiger partial charge in [0.2, 0.25) is 5.88 Å². The molecule has 1 saturated heterocycles. The smallest absolute Gasteiger partial charge is 0.214 e. The van der Waals surface area contributed by atoms with Gasteiger partial charge in [-0.3, -0.25) is 0 Å². The maximum Gasteiger partial charge on any atom is 0.214 e. The molecule has 0 radical (unpaired) electrons. The number of pyridine rings is 1. The first-order valence-corrected chi connectivity index (χ1v) is 7.13. The molecule has 1 fully saturated rings. The number of aromatic nitrogens is 1. The Balaban J connectivity index is 2.02. The highest BCUT2D eigenvalue weighted by Crippen LogP contribution is 2.32. The molecule has 4 nitrogen and oxygen atoms in total. The molecular formula is C15H24N2O2. The third-order valence-electron chi connectivity index (χ3n) is 4.07. The molecule has 2 rings (SSSR count). The van der Waals surface area contributed by atoms with Crippen LogP contribution in [-0.2, 0) is 4.74 Å². The summed E-state index contributed by atoms with van der Waals surface area (Å²) in [6.45, 7) is 5.23. The molecule has 1 aromatic rings. The summed E-state index contributed by atoms with van der Waals surface area (Å²) < 4.78 is 11.1. The van der Waals surface area contributed by atoms with Crippen molar-refractivity contribution in [3.8, 4) is 5.88 Å². The number of nitrogens with one attached hydrogen (secondary N) is 1. The second-order valence-corrected chi connectivity index (χ2v) is 5.14. The summed E-state index contributed by atoms with van der Waals surface area (Å²) >= 11 is 0. The van der Waals surface area contributed by atoms with Gasteiger partial charge in [-0.2, -0.15) is 4.98 Å². The van der Waals surface area contributed by atoms with Crippen LogP contribution in [-0.4, -0.2) is 30.3 Å². The molecule has 19 heavy (non-hydrogen) atoms. The van der Waals surface area contributed by atoms with E-state index in [0.717, 1.165) is 38.1 Å². The largest absolute Gasteiger partial charge is 0.481 e. The Bertz CT molecular complexity index is 405. The van der Waals surface area contributed by atoms with Crippen LogP contribution in [0.5, 0.6) is 5.88 Å². The summed E-state index contributed by atoms with van der Waals surface area (Å²) in [5.41, 5.74) is 0.0365. The van der Waals surface area contributed by atoms with Gasteiger partial charge in [0.1, 0.15) is 5.82 Å². The van der Waals surface area contributed by atoms with E-state index >= 15 is 0 Å². The minimum Gasteiger partial charge on any atom is -0.481 e. The van der Waals surface area contributed by atoms with Crippen molar-refractivity contribution in [1.29, 1.82) is 0 Å². The van der Waals surface area contributed by atoms with Crippen LogP contribution in [0.25, 0.3) is 0 Å². The van der Waals surface area contributed by atoms with E-state index in [0.29, 0.717) is 11.9 Å². The second-order valence-electron chi connectivity index (χ2n) is 5.14. The Hall–Kier alpha value is -1.29. The van der Waals surface area contributed by atoms with Gasteiger partial charge in [-0.1, -0.05) is 19.9 Å². The highest BCUT2D eigenvalue weighted by molar-refractivity contribution is 5.38. The molecule has 0 aromatic carbocycles. The van der Waals surface area contributed by atoms with Crippen molar-refractivity contribution < 1.29 is 9.47 Å². The number of methoxy groups -OCH3 is 1. The van der Waals surface area contributed by atoms with Gasteiger partial charge in [0.15, 0.2) is 0 Å². The molecule has 0 saturated carbocycles. The fourth-order valence-corrected chi connectivity index (χ4v) is 2.71. The van der Waals surface area contributed by atoms with E-state index in [1.807, 2.05) is 18.2 Å². The molecule has 0 bridgehead atoms. The fraction of sp³-hybridized carbons (Fsp3) is 0.667. The van der Waals surface area contributed by atoms with Crippen molar-refractivity contribution in [3.05, 3.63) is 18.2 Å². The van der Waals surface area contributed by atoms with Crippen LogP contribution in [0.3, 0.4) is 0 Å². The van der Waals surface area contributed by atoms with Crippen LogP contribution in [0, 0.1) is 0 Å². The molecule has 0 spiro atoms. The van der Waals surface area contributed by atoms with Crippen molar-refractivity contribution in [2.24, 2.45) is 0 Å². The van der Waals surface area contributed by atoms with Crippen LogP contribution in [0.4, 0.5) is 5.82 Å². The molecule has 1 atom stereocenters. The zero-order valence-corrected chi connectivity index (χ0v) is 12.1. The van der Waals surface area contributed by atoms with E-state index in [2.05, 4.69) is 24.1 Å². The van der Waals surface area contributed by atoms with E-state index in [9.17, 15) is 0 Å². The number of ether oxygens (including phenoxy) is 2. The molecule has 2 heterocycles. The highest BCUT2D eigenvalue weighted by atomic mass is 16.5. The van der Waals surface area contributed by atoms with Crippen LogP contribution in [0.1, 0.15) is 39.5 Å². The Labute approximate surface area is 115 Å². The second kappa shape index (κ2) is 6.24. The zero-order valence-electron chi connectivity index (χ0n) is 12.1. The predicted molar refractivity (Wildman–Crippen MR) is 76.7 cm³/mol. The lowest BCUT2D eigenvalue weighted by Gasteiger charge is -2.40. The topological polar surface area (TPSA) is 43.4 Å². The SMILES string of the molecule is CCC1(CC)CC(Nc2cccc(OC)n2)CCO1. The average Bonchev–Trinajstić information content (AvgIpc) is 2.47. The molecule has 1 aliphatic rings. The van der Waals surface area contributed by atoms with E-state index < -0.39 is 0 Å². The van der Waals surface area contributed by atoms with Gasteiger partial charge in [0, 0.05) is 18.7 Å². The summed E-state index contributed by atoms with van der Waals surface area (Å²) in [7, 11) is 1.64. The van der Waals surface area contributed by atoms with Gasteiger partial charge in [-0.15, -0.1) is 0 Å². The monoisotopic (exact) mass is 264 g/mol. The van der Waals surface area contributed by atoms with Gasteiger partial charge >= 0.3 is 0 Å². The Morgan fingerprint density at radius 2 is 2.21 bits per heavy atom. The van der Waals surface area contributed by atoms with Gasteiger partial charge in [-0.05, 0) is 31.7 Å². The molecular weight excluding hydrogens is 240 g/mol.